The molecule has 1 N–H and O–H groups in total. The Balaban J connectivity index is 1.89. The van der Waals surface area contributed by atoms with Crippen molar-refractivity contribution in [1.29, 1.82) is 0 Å². The highest BCUT2D eigenvalue weighted by atomic mass is 16.3. The van der Waals surface area contributed by atoms with Gasteiger partial charge in [0.15, 0.2) is 0 Å². The van der Waals surface area contributed by atoms with E-state index in [-0.39, 0.29) is 6.10 Å². The molecule has 3 heterocycles. The maximum atomic E-state index is 9.70. The molecule has 0 spiro atoms. The quantitative estimate of drug-likeness (QED) is 0.742. The van der Waals surface area contributed by atoms with E-state index in [0.717, 1.165) is 18.7 Å². The lowest BCUT2D eigenvalue weighted by atomic mass is 10.00. The Morgan fingerprint density at radius 1 is 1.27 bits per heavy atom. The van der Waals surface area contributed by atoms with Crippen LogP contribution in [0.25, 0.3) is 0 Å². The number of aromatic nitrogens is 2. The summed E-state index contributed by atoms with van der Waals surface area (Å²) in [4.78, 5) is 10.6. The standard InChI is InChI=1S/C11H15N3O/c15-10-5-8-1-2-9(6-10)14(8)11-3-4-12-7-13-11/h3-4,7-10,15H,1-2,5-6H2. The molecule has 4 nitrogen and oxygen atoms in total. The normalized spacial score (nSPS) is 34.5. The van der Waals surface area contributed by atoms with E-state index in [4.69, 9.17) is 0 Å². The largest absolute Gasteiger partial charge is 0.393 e. The van der Waals surface area contributed by atoms with Gasteiger partial charge in [0.25, 0.3) is 0 Å². The molecule has 1 aromatic heterocycles. The molecule has 4 heteroatoms. The van der Waals surface area contributed by atoms with Crippen molar-refractivity contribution < 1.29 is 5.11 Å². The van der Waals surface area contributed by atoms with Crippen molar-refractivity contribution in [3.05, 3.63) is 18.6 Å². The van der Waals surface area contributed by atoms with E-state index in [1.807, 2.05) is 6.07 Å². The van der Waals surface area contributed by atoms with Gasteiger partial charge in [-0.25, -0.2) is 9.97 Å². The fraction of sp³-hybridized carbons (Fsp3) is 0.636. The summed E-state index contributed by atoms with van der Waals surface area (Å²) in [6.45, 7) is 0. The predicted octanol–water partition coefficient (Wildman–Crippen LogP) is 0.969. The van der Waals surface area contributed by atoms with E-state index in [9.17, 15) is 5.11 Å². The Kier molecular flexibility index (Phi) is 2.09. The number of hydrogen-bond acceptors (Lipinski definition) is 4. The van der Waals surface area contributed by atoms with Gasteiger partial charge in [-0.15, -0.1) is 0 Å². The smallest absolute Gasteiger partial charge is 0.132 e. The number of rotatable bonds is 1. The van der Waals surface area contributed by atoms with Gasteiger partial charge in [-0.1, -0.05) is 0 Å². The molecule has 2 aliphatic heterocycles. The first-order valence-corrected chi connectivity index (χ1v) is 5.57. The van der Waals surface area contributed by atoms with Crippen molar-refractivity contribution in [3.8, 4) is 0 Å². The van der Waals surface area contributed by atoms with Crippen molar-refractivity contribution >= 4 is 5.82 Å². The van der Waals surface area contributed by atoms with Gasteiger partial charge >= 0.3 is 0 Å². The van der Waals surface area contributed by atoms with Crippen molar-refractivity contribution in [3.63, 3.8) is 0 Å². The Bertz CT molecular complexity index is 329. The predicted molar refractivity (Wildman–Crippen MR) is 56.6 cm³/mol. The van der Waals surface area contributed by atoms with Crippen LogP contribution in [0.15, 0.2) is 18.6 Å². The minimum atomic E-state index is -0.111. The van der Waals surface area contributed by atoms with E-state index in [1.54, 1.807) is 12.5 Å². The Morgan fingerprint density at radius 2 is 2.00 bits per heavy atom. The summed E-state index contributed by atoms with van der Waals surface area (Å²) in [6.07, 6.45) is 7.42. The van der Waals surface area contributed by atoms with Crippen LogP contribution in [0.2, 0.25) is 0 Å². The van der Waals surface area contributed by atoms with Crippen LogP contribution in [-0.2, 0) is 0 Å². The SMILES string of the molecule is OC1CC2CCC(C1)N2c1ccncn1. The third kappa shape index (κ3) is 1.49. The molecule has 15 heavy (non-hydrogen) atoms. The van der Waals surface area contributed by atoms with Crippen LogP contribution in [0.4, 0.5) is 5.82 Å². The van der Waals surface area contributed by atoms with E-state index < -0.39 is 0 Å². The van der Waals surface area contributed by atoms with Gasteiger partial charge in [-0.2, -0.15) is 0 Å². The second-order valence-corrected chi connectivity index (χ2v) is 4.49. The Labute approximate surface area is 89.0 Å². The summed E-state index contributed by atoms with van der Waals surface area (Å²) in [5.74, 6) is 1.02. The summed E-state index contributed by atoms with van der Waals surface area (Å²) in [5, 5.41) is 9.70. The van der Waals surface area contributed by atoms with Crippen LogP contribution in [0.1, 0.15) is 25.7 Å². The lowest BCUT2D eigenvalue weighted by molar-refractivity contribution is 0.126. The topological polar surface area (TPSA) is 49.2 Å². The minimum Gasteiger partial charge on any atom is -0.393 e. The molecule has 2 aliphatic rings. The lowest BCUT2D eigenvalue weighted by Crippen LogP contribution is -2.45. The highest BCUT2D eigenvalue weighted by molar-refractivity contribution is 5.42. The van der Waals surface area contributed by atoms with E-state index >= 15 is 0 Å². The number of piperidine rings is 1. The molecule has 0 aliphatic carbocycles. The summed E-state index contributed by atoms with van der Waals surface area (Å²) in [5.41, 5.74) is 0. The highest BCUT2D eigenvalue weighted by Crippen LogP contribution is 2.38. The molecule has 0 saturated carbocycles. The van der Waals surface area contributed by atoms with Crippen molar-refractivity contribution in [2.24, 2.45) is 0 Å². The van der Waals surface area contributed by atoms with E-state index in [0.29, 0.717) is 12.1 Å². The second kappa shape index (κ2) is 3.45. The number of aliphatic hydroxyl groups excluding tert-OH is 1. The van der Waals surface area contributed by atoms with E-state index in [1.165, 1.54) is 12.8 Å². The molecular formula is C11H15N3O. The van der Waals surface area contributed by atoms with Crippen molar-refractivity contribution in [1.82, 2.24) is 9.97 Å². The molecule has 2 fully saturated rings. The van der Waals surface area contributed by atoms with Crippen LogP contribution in [0, 0.1) is 0 Å². The van der Waals surface area contributed by atoms with Crippen LogP contribution in [0.3, 0.4) is 0 Å². The van der Waals surface area contributed by atoms with Crippen molar-refractivity contribution in [2.75, 3.05) is 4.90 Å². The maximum absolute atomic E-state index is 9.70. The molecular weight excluding hydrogens is 190 g/mol. The molecule has 2 saturated heterocycles. The molecule has 3 rings (SSSR count). The Hall–Kier alpha value is -1.16. The van der Waals surface area contributed by atoms with Gasteiger partial charge < -0.3 is 10.0 Å². The third-order valence-corrected chi connectivity index (χ3v) is 3.54. The zero-order valence-corrected chi connectivity index (χ0v) is 8.58. The van der Waals surface area contributed by atoms with Gasteiger partial charge in [-0.3, -0.25) is 0 Å². The Morgan fingerprint density at radius 3 is 2.60 bits per heavy atom. The fourth-order valence-electron chi connectivity index (χ4n) is 2.96. The third-order valence-electron chi connectivity index (χ3n) is 3.54. The highest BCUT2D eigenvalue weighted by Gasteiger charge is 2.40. The summed E-state index contributed by atoms with van der Waals surface area (Å²) in [6, 6.07) is 2.92. The molecule has 1 aromatic rings. The van der Waals surface area contributed by atoms with Gasteiger partial charge in [0, 0.05) is 18.3 Å². The van der Waals surface area contributed by atoms with E-state index in [2.05, 4.69) is 14.9 Å². The fourth-order valence-corrected chi connectivity index (χ4v) is 2.96. The molecule has 2 atom stereocenters. The zero-order valence-electron chi connectivity index (χ0n) is 8.58. The van der Waals surface area contributed by atoms with Crippen LogP contribution < -0.4 is 4.90 Å². The summed E-state index contributed by atoms with van der Waals surface area (Å²) in [7, 11) is 0. The first-order valence-electron chi connectivity index (χ1n) is 5.57. The summed E-state index contributed by atoms with van der Waals surface area (Å²) < 4.78 is 0. The maximum Gasteiger partial charge on any atom is 0.132 e. The van der Waals surface area contributed by atoms with Crippen LogP contribution >= 0.6 is 0 Å². The van der Waals surface area contributed by atoms with Gasteiger partial charge in [0.05, 0.1) is 6.10 Å². The number of fused-ring (bicyclic) bond motifs is 2. The molecule has 0 amide bonds. The van der Waals surface area contributed by atoms with Gasteiger partial charge in [-0.05, 0) is 31.7 Å². The second-order valence-electron chi connectivity index (χ2n) is 4.49. The molecule has 2 unspecified atom stereocenters. The van der Waals surface area contributed by atoms with Crippen molar-refractivity contribution in [2.45, 2.75) is 43.9 Å². The first-order chi connectivity index (χ1) is 7.34. The average Bonchev–Trinajstić information content (AvgIpc) is 2.53. The lowest BCUT2D eigenvalue weighted by Gasteiger charge is -2.37. The molecule has 2 bridgehead atoms. The molecule has 0 radical (unpaired) electrons. The van der Waals surface area contributed by atoms with Gasteiger partial charge in [0.1, 0.15) is 12.1 Å². The monoisotopic (exact) mass is 205 g/mol. The molecule has 80 valence electrons. The van der Waals surface area contributed by atoms with Gasteiger partial charge in [0.2, 0.25) is 0 Å². The zero-order chi connectivity index (χ0) is 10.3. The molecule has 0 aromatic carbocycles. The van der Waals surface area contributed by atoms with Crippen LogP contribution in [-0.4, -0.2) is 33.3 Å². The summed E-state index contributed by atoms with van der Waals surface area (Å²) >= 11 is 0. The minimum absolute atomic E-state index is 0.111. The first kappa shape index (κ1) is 9.09. The number of hydrogen-bond donors (Lipinski definition) is 1. The average molecular weight is 205 g/mol. The number of aliphatic hydroxyl groups is 1. The van der Waals surface area contributed by atoms with Crippen LogP contribution in [0.5, 0.6) is 0 Å². The number of anilines is 1. The number of nitrogens with zero attached hydrogens (tertiary/aromatic N) is 3.